The lowest BCUT2D eigenvalue weighted by molar-refractivity contribution is -0.201. The lowest BCUT2D eigenvalue weighted by Gasteiger charge is -2.29. The molecular weight excluding hydrogens is 470 g/mol. The van der Waals surface area contributed by atoms with Gasteiger partial charge in [-0.25, -0.2) is 4.79 Å². The van der Waals surface area contributed by atoms with Gasteiger partial charge in [0, 0.05) is 25.2 Å². The van der Waals surface area contributed by atoms with Crippen LogP contribution in [0.4, 0.5) is 0 Å². The minimum Gasteiger partial charge on any atom is -0.330 e. The van der Waals surface area contributed by atoms with E-state index in [1.165, 1.54) is 0 Å². The first-order valence-corrected chi connectivity index (χ1v) is 14.0. The van der Waals surface area contributed by atoms with Gasteiger partial charge >= 0.3 is 5.97 Å². The minimum atomic E-state index is -0.547. The van der Waals surface area contributed by atoms with Crippen LogP contribution < -0.4 is 0 Å². The van der Waals surface area contributed by atoms with E-state index < -0.39 is 23.7 Å². The van der Waals surface area contributed by atoms with Crippen LogP contribution in [0.5, 0.6) is 0 Å². The molecule has 35 heavy (non-hydrogen) atoms. The maximum atomic E-state index is 13.0. The summed E-state index contributed by atoms with van der Waals surface area (Å²) in [7, 11) is 0. The second-order valence-electron chi connectivity index (χ2n) is 10.7. The summed E-state index contributed by atoms with van der Waals surface area (Å²) in [5.74, 6) is -0.252. The molecule has 1 heterocycles. The smallest absolute Gasteiger partial charge is 0.330 e. The Morgan fingerprint density at radius 3 is 2.03 bits per heavy atom. The van der Waals surface area contributed by atoms with E-state index in [0.717, 1.165) is 44.3 Å². The second-order valence-corrected chi connectivity index (χ2v) is 12.0. The first kappa shape index (κ1) is 26.0. The first-order chi connectivity index (χ1) is 16.7. The zero-order chi connectivity index (χ0) is 25.1. The van der Waals surface area contributed by atoms with Gasteiger partial charge in [-0.2, -0.15) is 0 Å². The van der Waals surface area contributed by atoms with E-state index in [2.05, 4.69) is 0 Å². The highest BCUT2D eigenvalue weighted by Crippen LogP contribution is 2.40. The molecule has 4 rings (SSSR count). The molecule has 9 heteroatoms. The zero-order valence-electron chi connectivity index (χ0n) is 20.4. The predicted molar refractivity (Wildman–Crippen MR) is 128 cm³/mol. The summed E-state index contributed by atoms with van der Waals surface area (Å²) >= 11 is 1.62. The molecule has 4 aliphatic rings. The number of rotatable bonds is 8. The Kier molecular flexibility index (Phi) is 8.45. The van der Waals surface area contributed by atoms with Gasteiger partial charge in [0.2, 0.25) is 0 Å². The van der Waals surface area contributed by atoms with E-state index in [1.54, 1.807) is 18.7 Å². The van der Waals surface area contributed by atoms with Gasteiger partial charge in [0.1, 0.15) is 11.6 Å². The third kappa shape index (κ3) is 6.22. The van der Waals surface area contributed by atoms with Crippen LogP contribution in [-0.4, -0.2) is 51.2 Å². The number of Topliss-reactive ketones (excluding diaryl/α,β-unsaturated/α-hetero) is 3. The summed E-state index contributed by atoms with van der Waals surface area (Å²) in [6, 6.07) is 0. The fourth-order valence-electron chi connectivity index (χ4n) is 5.97. The molecule has 3 aliphatic carbocycles. The maximum absolute atomic E-state index is 13.0. The second kappa shape index (κ2) is 11.4. The molecule has 2 unspecified atom stereocenters. The van der Waals surface area contributed by atoms with Crippen LogP contribution in [0.3, 0.4) is 0 Å². The SMILES string of the molecule is CC(=O)C1CCC(CSC2CC(=O)C(CC3CCC(C(=O)ON4C(=O)CCC4=O)CC3)C2=O)CC1. The number of carbonyl (C=O) groups excluding carboxylic acids is 6. The normalized spacial score (nSPS) is 33.9. The van der Waals surface area contributed by atoms with Crippen LogP contribution in [0.2, 0.25) is 0 Å². The highest BCUT2D eigenvalue weighted by atomic mass is 32.2. The summed E-state index contributed by atoms with van der Waals surface area (Å²) in [4.78, 5) is 78.0. The Morgan fingerprint density at radius 2 is 1.43 bits per heavy atom. The van der Waals surface area contributed by atoms with Gasteiger partial charge < -0.3 is 4.84 Å². The molecule has 2 atom stereocenters. The van der Waals surface area contributed by atoms with Crippen molar-refractivity contribution in [3.05, 3.63) is 0 Å². The fourth-order valence-corrected chi connectivity index (χ4v) is 7.42. The van der Waals surface area contributed by atoms with Crippen molar-refractivity contribution >= 4 is 46.9 Å². The molecule has 3 saturated carbocycles. The summed E-state index contributed by atoms with van der Waals surface area (Å²) in [5.41, 5.74) is 0. The zero-order valence-corrected chi connectivity index (χ0v) is 21.2. The summed E-state index contributed by atoms with van der Waals surface area (Å²) < 4.78 is 0. The van der Waals surface area contributed by atoms with E-state index in [9.17, 15) is 28.8 Å². The van der Waals surface area contributed by atoms with Crippen molar-refractivity contribution in [1.82, 2.24) is 5.06 Å². The van der Waals surface area contributed by atoms with Gasteiger partial charge in [0.25, 0.3) is 11.8 Å². The fraction of sp³-hybridized carbons (Fsp3) is 0.769. The number of imide groups is 1. The Labute approximate surface area is 210 Å². The van der Waals surface area contributed by atoms with E-state index in [4.69, 9.17) is 4.84 Å². The number of nitrogens with zero attached hydrogens (tertiary/aromatic N) is 1. The molecule has 2 amide bonds. The van der Waals surface area contributed by atoms with E-state index in [0.29, 0.717) is 36.7 Å². The third-order valence-electron chi connectivity index (χ3n) is 8.33. The monoisotopic (exact) mass is 505 g/mol. The standard InChI is InChI=1S/C26H35NO7S/c1-15(28)18-6-4-17(5-7-18)14-35-22-13-21(29)20(25(22)32)12-16-2-8-19(9-3-16)26(33)34-27-23(30)10-11-24(27)31/h16-20,22H,2-14H2,1H3. The molecule has 4 fully saturated rings. The van der Waals surface area contributed by atoms with Crippen LogP contribution >= 0.6 is 11.8 Å². The van der Waals surface area contributed by atoms with Crippen LogP contribution in [0.1, 0.15) is 84.0 Å². The number of thioether (sulfide) groups is 1. The molecule has 0 aromatic rings. The van der Waals surface area contributed by atoms with Crippen LogP contribution in [0.15, 0.2) is 0 Å². The van der Waals surface area contributed by atoms with Crippen molar-refractivity contribution in [2.75, 3.05) is 5.75 Å². The number of amides is 2. The van der Waals surface area contributed by atoms with Gasteiger partial charge in [-0.15, -0.1) is 16.8 Å². The molecule has 0 aromatic carbocycles. The molecular formula is C26H35NO7S. The largest absolute Gasteiger partial charge is 0.336 e. The Balaban J connectivity index is 1.19. The molecule has 192 valence electrons. The van der Waals surface area contributed by atoms with Crippen molar-refractivity contribution in [3.8, 4) is 0 Å². The molecule has 1 aliphatic heterocycles. The Bertz CT molecular complexity index is 870. The molecule has 8 nitrogen and oxygen atoms in total. The molecule has 0 spiro atoms. The number of hydrogen-bond donors (Lipinski definition) is 0. The van der Waals surface area contributed by atoms with Crippen molar-refractivity contribution in [2.45, 2.75) is 89.2 Å². The highest BCUT2D eigenvalue weighted by molar-refractivity contribution is 8.00. The third-order valence-corrected chi connectivity index (χ3v) is 9.79. The number of ketones is 3. The van der Waals surface area contributed by atoms with E-state index in [-0.39, 0.29) is 53.2 Å². The van der Waals surface area contributed by atoms with Crippen LogP contribution in [0, 0.1) is 29.6 Å². The van der Waals surface area contributed by atoms with Gasteiger partial charge in [0.15, 0.2) is 5.78 Å². The Hall–Kier alpha value is -2.03. The lowest BCUT2D eigenvalue weighted by atomic mass is 9.77. The van der Waals surface area contributed by atoms with Gasteiger partial charge in [-0.05, 0) is 82.3 Å². The molecule has 0 N–H and O–H groups in total. The topological polar surface area (TPSA) is 115 Å². The minimum absolute atomic E-state index is 0.0420. The Morgan fingerprint density at radius 1 is 0.857 bits per heavy atom. The lowest BCUT2D eigenvalue weighted by Crippen LogP contribution is -2.36. The molecule has 0 aromatic heterocycles. The summed E-state index contributed by atoms with van der Waals surface area (Å²) in [5, 5.41) is 0.344. The number of carbonyl (C=O) groups is 6. The van der Waals surface area contributed by atoms with Gasteiger partial charge in [-0.3, -0.25) is 24.0 Å². The van der Waals surface area contributed by atoms with E-state index in [1.807, 2.05) is 0 Å². The average Bonchev–Trinajstić information content (AvgIpc) is 3.30. The van der Waals surface area contributed by atoms with Crippen molar-refractivity contribution in [1.29, 1.82) is 0 Å². The predicted octanol–water partition coefficient (Wildman–Crippen LogP) is 3.45. The number of hydroxylamine groups is 2. The van der Waals surface area contributed by atoms with Crippen molar-refractivity contribution in [3.63, 3.8) is 0 Å². The maximum Gasteiger partial charge on any atom is 0.336 e. The molecule has 1 saturated heterocycles. The molecule has 0 bridgehead atoms. The highest BCUT2D eigenvalue weighted by Gasteiger charge is 2.43. The van der Waals surface area contributed by atoms with Crippen LogP contribution in [0.25, 0.3) is 0 Å². The van der Waals surface area contributed by atoms with E-state index >= 15 is 0 Å². The average molecular weight is 506 g/mol. The number of hydrogen-bond acceptors (Lipinski definition) is 8. The quantitative estimate of drug-likeness (QED) is 0.364. The van der Waals surface area contributed by atoms with Gasteiger partial charge in [-0.1, -0.05) is 0 Å². The van der Waals surface area contributed by atoms with Crippen molar-refractivity contribution in [2.24, 2.45) is 29.6 Å². The molecule has 0 radical (unpaired) electrons. The van der Waals surface area contributed by atoms with Crippen molar-refractivity contribution < 1.29 is 33.6 Å². The summed E-state index contributed by atoms with van der Waals surface area (Å²) in [6.45, 7) is 1.67. The first-order valence-electron chi connectivity index (χ1n) is 13.0. The van der Waals surface area contributed by atoms with Crippen LogP contribution in [-0.2, 0) is 33.6 Å². The van der Waals surface area contributed by atoms with Gasteiger partial charge in [0.05, 0.1) is 17.1 Å². The summed E-state index contributed by atoms with van der Waals surface area (Å²) in [6.07, 6.45) is 7.47.